The summed E-state index contributed by atoms with van der Waals surface area (Å²) in [5.41, 5.74) is 23.8. The fraction of sp³-hybridized carbons (Fsp3) is 0.431. The molecular formula is C144H168N2O4. The van der Waals surface area contributed by atoms with Gasteiger partial charge in [0.2, 0.25) is 0 Å². The van der Waals surface area contributed by atoms with Crippen molar-refractivity contribution in [1.82, 2.24) is 9.97 Å². The van der Waals surface area contributed by atoms with E-state index in [-0.39, 0.29) is 65.0 Å². The van der Waals surface area contributed by atoms with Gasteiger partial charge in [0.1, 0.15) is 33.8 Å². The van der Waals surface area contributed by atoms with E-state index in [1.54, 1.807) is 0 Å². The molecule has 10 aromatic carbocycles. The van der Waals surface area contributed by atoms with E-state index >= 15 is 0 Å². The molecule has 15 rings (SSSR count). The standard InChI is InChI=1S/C102H126.C42H42N2O4/c1-89(2,3)71-53-72(90(4,5)6)60-83(59-71)101(84-61-73(91(7,8)9)54-74(62-84)92(10,11)12,85-63-75(93(13,14)15)55-76(64-85)94(16,17)18)51-49-47-45-43-41-39-37-38-40-42-44-46-48-50-52-102(86-65-77(95(19,20)21)56-78(66-86)96(22,23)24,87-67-79(97(25,26)27)57-80(68-87)98(28,29)30)88-69-81(99(31,32)33)58-82(70-88)100(34,35)36;1-3-7-28-47-37-10-9-11-38(30-37)48-29-8-4-2-6-27-46-36-22-16-32(17-23-36)40-25-19-34-13-12-33-18-24-39(43-41(33)42(34)44-40)31-14-20-35(21-15-31)45-26-5-1/h53-70H,1-36H3;9-25,30H,1-8,26-29H2. The molecule has 0 aliphatic carbocycles. The predicted octanol–water partition coefficient (Wildman–Crippen LogP) is 35.1. The van der Waals surface area contributed by atoms with Crippen molar-refractivity contribution in [2.75, 3.05) is 26.4 Å². The van der Waals surface area contributed by atoms with Gasteiger partial charge in [0.15, 0.2) is 0 Å². The summed E-state index contributed by atoms with van der Waals surface area (Å²) in [7, 11) is 0. The fourth-order valence-electron chi connectivity index (χ4n) is 18.4. The van der Waals surface area contributed by atoms with Crippen LogP contribution in [-0.4, -0.2) is 36.4 Å². The maximum Gasteiger partial charge on any atom is 0.122 e. The summed E-state index contributed by atoms with van der Waals surface area (Å²) in [6.07, 6.45) is 8.47. The zero-order valence-corrected chi connectivity index (χ0v) is 97.8. The maximum absolute atomic E-state index is 6.05. The van der Waals surface area contributed by atoms with Crippen LogP contribution in [0, 0.1) is 94.7 Å². The van der Waals surface area contributed by atoms with Gasteiger partial charge in [0.25, 0.3) is 0 Å². The molecule has 3 aliphatic heterocycles. The van der Waals surface area contributed by atoms with Crippen molar-refractivity contribution in [3.05, 3.63) is 319 Å². The molecular weight excluding hydrogens is 1820 g/mol. The third-order valence-corrected chi connectivity index (χ3v) is 28.7. The Balaban J connectivity index is 0.000000342. The highest BCUT2D eigenvalue weighted by Crippen LogP contribution is 2.51. The van der Waals surface area contributed by atoms with Gasteiger partial charge in [-0.2, -0.15) is 0 Å². The summed E-state index contributed by atoms with van der Waals surface area (Å²) < 4.78 is 24.1. The van der Waals surface area contributed by atoms with Crippen LogP contribution in [0.3, 0.4) is 0 Å². The van der Waals surface area contributed by atoms with E-state index in [9.17, 15) is 0 Å². The molecule has 0 saturated heterocycles. The van der Waals surface area contributed by atoms with Crippen LogP contribution in [0.4, 0.5) is 0 Å². The molecule has 6 nitrogen and oxygen atoms in total. The Morgan fingerprint density at radius 3 is 0.540 bits per heavy atom. The quantitative estimate of drug-likeness (QED) is 0.0939. The summed E-state index contributed by atoms with van der Waals surface area (Å²) in [6, 6.07) is 80.6. The van der Waals surface area contributed by atoms with Crippen LogP contribution in [0.2, 0.25) is 0 Å². The fourth-order valence-corrected chi connectivity index (χ4v) is 18.4. The number of hydrogen-bond acceptors (Lipinski definition) is 6. The zero-order chi connectivity index (χ0) is 110. The maximum atomic E-state index is 6.05. The molecule has 12 aromatic rings. The van der Waals surface area contributed by atoms with E-state index in [0.29, 0.717) is 26.4 Å². The molecule has 2 aromatic heterocycles. The van der Waals surface area contributed by atoms with E-state index in [1.807, 2.05) is 48.5 Å². The summed E-state index contributed by atoms with van der Waals surface area (Å²) in [5, 5.41) is 2.14. The number of pyridine rings is 2. The smallest absolute Gasteiger partial charge is 0.122 e. The highest BCUT2D eigenvalue weighted by Gasteiger charge is 2.44. The van der Waals surface area contributed by atoms with Crippen molar-refractivity contribution in [1.29, 1.82) is 0 Å². The van der Waals surface area contributed by atoms with Gasteiger partial charge in [-0.15, -0.1) is 0 Å². The number of fused-ring (bicyclic) bond motifs is 2. The molecule has 0 fully saturated rings. The number of nitrogens with zero attached hydrogens (tertiary/aromatic N) is 2. The lowest BCUT2D eigenvalue weighted by molar-refractivity contribution is 0.279. The largest absolute Gasteiger partial charge is 0.494 e. The predicted molar refractivity (Wildman–Crippen MR) is 638 cm³/mol. The van der Waals surface area contributed by atoms with Gasteiger partial charge in [0.05, 0.1) is 48.8 Å². The topological polar surface area (TPSA) is 62.7 Å². The summed E-state index contributed by atoms with van der Waals surface area (Å²) in [6.45, 7) is 86.0. The van der Waals surface area contributed by atoms with Gasteiger partial charge < -0.3 is 18.9 Å². The highest BCUT2D eigenvalue weighted by atomic mass is 16.5. The van der Waals surface area contributed by atoms with Crippen molar-refractivity contribution >= 4 is 21.8 Å². The number of rotatable bonds is 6. The summed E-state index contributed by atoms with van der Waals surface area (Å²) >= 11 is 0. The van der Waals surface area contributed by atoms with Crippen LogP contribution in [-0.2, 0) is 75.8 Å². The van der Waals surface area contributed by atoms with E-state index in [0.717, 1.165) is 152 Å². The Hall–Kier alpha value is -13.3. The number of hydrogen-bond donors (Lipinski definition) is 0. The van der Waals surface area contributed by atoms with Crippen LogP contribution in [0.25, 0.3) is 44.3 Å². The van der Waals surface area contributed by atoms with Crippen molar-refractivity contribution in [2.45, 2.75) is 376 Å². The van der Waals surface area contributed by atoms with Gasteiger partial charge in [-0.3, -0.25) is 0 Å². The monoisotopic (exact) mass is 1990 g/mol. The molecule has 3 aliphatic rings. The first-order valence-electron chi connectivity index (χ1n) is 54.5. The van der Waals surface area contributed by atoms with Crippen LogP contribution in [0.5, 0.6) is 23.0 Å². The van der Waals surface area contributed by atoms with Gasteiger partial charge in [-0.1, -0.05) is 401 Å². The molecule has 150 heavy (non-hydrogen) atoms. The van der Waals surface area contributed by atoms with Crippen molar-refractivity contribution in [3.63, 3.8) is 0 Å². The van der Waals surface area contributed by atoms with Gasteiger partial charge in [0, 0.05) is 28.0 Å². The Labute approximate surface area is 906 Å². The number of ether oxygens (including phenoxy) is 4. The molecule has 0 unspecified atom stereocenters. The van der Waals surface area contributed by atoms with Crippen LogP contribution in [0.1, 0.15) is 401 Å². The Kier molecular flexibility index (Phi) is 35.6. The summed E-state index contributed by atoms with van der Waals surface area (Å²) in [5.74, 6) is 54.2. The minimum atomic E-state index is -0.969. The second kappa shape index (κ2) is 46.3. The first kappa shape index (κ1) is 115. The average molecular weight is 1990 g/mol. The van der Waals surface area contributed by atoms with Gasteiger partial charge in [-0.05, 0) is 372 Å². The molecule has 0 atom stereocenters. The molecule has 6 heteroatoms. The highest BCUT2D eigenvalue weighted by molar-refractivity contribution is 6.04. The van der Waals surface area contributed by atoms with E-state index in [1.165, 1.54) is 66.8 Å². The second-order valence-electron chi connectivity index (χ2n) is 53.6. The molecule has 10 bridgehead atoms. The van der Waals surface area contributed by atoms with Gasteiger partial charge in [-0.25, -0.2) is 9.97 Å². The molecule has 0 spiro atoms. The zero-order valence-electron chi connectivity index (χ0n) is 97.8. The molecule has 778 valence electrons. The van der Waals surface area contributed by atoms with E-state index in [2.05, 4.69) is 514 Å². The minimum Gasteiger partial charge on any atom is -0.494 e. The minimum absolute atomic E-state index is 0.151. The second-order valence-corrected chi connectivity index (χ2v) is 53.6. The first-order valence-corrected chi connectivity index (χ1v) is 54.5. The Morgan fingerprint density at radius 2 is 0.347 bits per heavy atom. The lowest BCUT2D eigenvalue weighted by Crippen LogP contribution is -2.32. The lowest BCUT2D eigenvalue weighted by atomic mass is 9.64. The Bertz CT molecular complexity index is 6440. The van der Waals surface area contributed by atoms with Crippen molar-refractivity contribution < 1.29 is 18.9 Å². The molecule has 0 N–H and O–H groups in total. The van der Waals surface area contributed by atoms with Crippen LogP contribution in [0.15, 0.2) is 218 Å². The van der Waals surface area contributed by atoms with Crippen molar-refractivity contribution in [3.8, 4) is 140 Å². The van der Waals surface area contributed by atoms with Crippen LogP contribution < -0.4 is 18.9 Å². The third kappa shape index (κ3) is 30.1. The number of aromatic nitrogens is 2. The molecule has 0 saturated carbocycles. The summed E-state index contributed by atoms with van der Waals surface area (Å²) in [4.78, 5) is 10.2. The lowest BCUT2D eigenvalue weighted by Gasteiger charge is -2.38. The van der Waals surface area contributed by atoms with E-state index < -0.39 is 10.8 Å². The first-order chi connectivity index (χ1) is 69.9. The molecule has 5 heterocycles. The number of benzene rings is 10. The normalized spacial score (nSPS) is 13.6. The average Bonchev–Trinajstić information content (AvgIpc) is 0.724. The van der Waals surface area contributed by atoms with Gasteiger partial charge >= 0.3 is 0 Å². The molecule has 0 amide bonds. The SMILES string of the molecule is CC(C)(C)c1cc(C(C)(C)C)cc(C(C#CC#CC#CC#CC#CC#CC#CC#CC(c2cc(C(C)(C)C)cc(C(C)(C)C)c2)(c2cc(C(C)(C)C)cc(C(C)(C)C)c2)c2cc(C(C)(C)C)cc(C(C)(C)C)c2)(c2cc(C(C)(C)C)cc(C(C)(C)C)c2)c2cc(C(C)(C)C)cc(C(C)(C)C)c2)c1.c1cc2cc(c1)OCCCCCCOc1ccc(cc1)-c1ccc3ccc4ccc(nc4c3n1)-c1ccc(cc1)OCCCCCCO2. The molecule has 0 radical (unpaired) electrons. The third-order valence-electron chi connectivity index (χ3n) is 28.7. The Morgan fingerprint density at radius 1 is 0.173 bits per heavy atom. The van der Waals surface area contributed by atoms with E-state index in [4.69, 9.17) is 28.9 Å². The van der Waals surface area contributed by atoms with Crippen molar-refractivity contribution in [2.24, 2.45) is 0 Å². The van der Waals surface area contributed by atoms with Crippen LogP contribution >= 0.6 is 0 Å².